The standard InChI is InChI=1S/C7H6N3O.ClH/c8-7-4-5(9-10-7)6-2-1-3-11-6;/h1-4H,(H2,8,10);1H. The van der Waals surface area contributed by atoms with Gasteiger partial charge in [-0.3, -0.25) is 0 Å². The highest BCUT2D eigenvalue weighted by Gasteiger charge is 2.11. The predicted octanol–water partition coefficient (Wildman–Crippen LogP) is 0.933. The number of hydrogen-bond acceptors (Lipinski definition) is 3. The third kappa shape index (κ3) is 1.43. The summed E-state index contributed by atoms with van der Waals surface area (Å²) in [4.78, 5) is 0. The van der Waals surface area contributed by atoms with E-state index in [1.807, 2.05) is 6.07 Å². The van der Waals surface area contributed by atoms with E-state index in [-0.39, 0.29) is 12.4 Å². The Morgan fingerprint density at radius 1 is 1.42 bits per heavy atom. The molecule has 0 saturated carbocycles. The molecule has 1 aliphatic heterocycles. The maximum atomic E-state index is 5.37. The van der Waals surface area contributed by atoms with Crippen LogP contribution < -0.4 is 11.2 Å². The van der Waals surface area contributed by atoms with Crippen LogP contribution in [-0.2, 0) is 0 Å². The van der Waals surface area contributed by atoms with Crippen molar-refractivity contribution < 1.29 is 4.42 Å². The summed E-state index contributed by atoms with van der Waals surface area (Å²) in [7, 11) is 0. The minimum atomic E-state index is 0. The van der Waals surface area contributed by atoms with Gasteiger partial charge in [-0.25, -0.2) is 0 Å². The van der Waals surface area contributed by atoms with Crippen molar-refractivity contribution in [3.63, 3.8) is 0 Å². The fraction of sp³-hybridized carbons (Fsp3) is 0. The molecular formula is C7H7ClN3O. The van der Waals surface area contributed by atoms with Gasteiger partial charge in [-0.15, -0.1) is 22.9 Å². The molecule has 1 aromatic heterocycles. The fourth-order valence-corrected chi connectivity index (χ4v) is 0.854. The molecule has 2 rings (SSSR count). The first kappa shape index (κ1) is 8.67. The molecule has 2 N–H and O–H groups in total. The number of furan rings is 1. The van der Waals surface area contributed by atoms with Gasteiger partial charge in [0.25, 0.3) is 0 Å². The minimum absolute atomic E-state index is 0. The Balaban J connectivity index is 0.000000720. The first-order chi connectivity index (χ1) is 5.36. The number of amidine groups is 1. The molecule has 1 aromatic rings. The van der Waals surface area contributed by atoms with E-state index in [0.717, 1.165) is 0 Å². The average Bonchev–Trinajstić information content (AvgIpc) is 2.55. The van der Waals surface area contributed by atoms with Gasteiger partial charge in [0.2, 0.25) is 0 Å². The van der Waals surface area contributed by atoms with Gasteiger partial charge in [0.15, 0.2) is 5.76 Å². The van der Waals surface area contributed by atoms with E-state index < -0.39 is 0 Å². The Kier molecular flexibility index (Phi) is 2.40. The number of halogens is 1. The van der Waals surface area contributed by atoms with Gasteiger partial charge >= 0.3 is 0 Å². The quantitative estimate of drug-likeness (QED) is 0.706. The lowest BCUT2D eigenvalue weighted by molar-refractivity contribution is 0.548. The Hall–Kier alpha value is -1.42. The average molecular weight is 185 g/mol. The molecule has 0 amide bonds. The van der Waals surface area contributed by atoms with Crippen molar-refractivity contribution in [2.45, 2.75) is 0 Å². The van der Waals surface area contributed by atoms with Gasteiger partial charge in [-0.1, -0.05) is 0 Å². The molecular weight excluding hydrogens is 178 g/mol. The van der Waals surface area contributed by atoms with E-state index in [4.69, 9.17) is 10.2 Å². The molecule has 63 valence electrons. The third-order valence-electron chi connectivity index (χ3n) is 1.33. The van der Waals surface area contributed by atoms with Crippen molar-refractivity contribution in [1.82, 2.24) is 5.43 Å². The molecule has 1 radical (unpaired) electrons. The third-order valence-corrected chi connectivity index (χ3v) is 1.33. The predicted molar refractivity (Wildman–Crippen MR) is 47.7 cm³/mol. The molecule has 12 heavy (non-hydrogen) atoms. The monoisotopic (exact) mass is 184 g/mol. The second kappa shape index (κ2) is 3.32. The van der Waals surface area contributed by atoms with E-state index >= 15 is 0 Å². The lowest BCUT2D eigenvalue weighted by atomic mass is 10.3. The summed E-state index contributed by atoms with van der Waals surface area (Å²) in [6.07, 6.45) is 3.25. The molecule has 0 atom stereocenters. The molecule has 0 spiro atoms. The van der Waals surface area contributed by atoms with Crippen molar-refractivity contribution in [2.75, 3.05) is 0 Å². The zero-order chi connectivity index (χ0) is 7.68. The van der Waals surface area contributed by atoms with Crippen molar-refractivity contribution >= 4 is 23.9 Å². The maximum absolute atomic E-state index is 5.37. The van der Waals surface area contributed by atoms with Crippen LogP contribution in [0.2, 0.25) is 0 Å². The van der Waals surface area contributed by atoms with Crippen LogP contribution in [0, 0.1) is 0 Å². The lowest BCUT2D eigenvalue weighted by Gasteiger charge is -1.90. The highest BCUT2D eigenvalue weighted by Crippen LogP contribution is 2.15. The SMILES string of the molecule is Cl.NC1=N[N]C(c2ccco2)=C1. The summed E-state index contributed by atoms with van der Waals surface area (Å²) >= 11 is 0. The number of hydrogen-bond donors (Lipinski definition) is 1. The summed E-state index contributed by atoms with van der Waals surface area (Å²) < 4.78 is 5.07. The van der Waals surface area contributed by atoms with Gasteiger partial charge in [0.1, 0.15) is 11.5 Å². The highest BCUT2D eigenvalue weighted by atomic mass is 35.5. The van der Waals surface area contributed by atoms with Crippen LogP contribution in [0.25, 0.3) is 5.70 Å². The lowest BCUT2D eigenvalue weighted by Crippen LogP contribution is -2.04. The molecule has 1 aliphatic rings. The van der Waals surface area contributed by atoms with Gasteiger partial charge in [0.05, 0.1) is 6.26 Å². The van der Waals surface area contributed by atoms with Crippen LogP contribution in [0.1, 0.15) is 5.76 Å². The Bertz CT molecular complexity index is 315. The van der Waals surface area contributed by atoms with Gasteiger partial charge in [-0.05, 0) is 12.1 Å². The smallest absolute Gasteiger partial charge is 0.154 e. The van der Waals surface area contributed by atoms with Crippen molar-refractivity contribution in [3.8, 4) is 0 Å². The summed E-state index contributed by atoms with van der Waals surface area (Å²) in [6, 6.07) is 3.60. The van der Waals surface area contributed by atoms with E-state index in [0.29, 0.717) is 17.3 Å². The first-order valence-electron chi connectivity index (χ1n) is 3.16. The van der Waals surface area contributed by atoms with E-state index in [2.05, 4.69) is 10.5 Å². The van der Waals surface area contributed by atoms with Crippen LogP contribution >= 0.6 is 12.4 Å². The molecule has 0 fully saturated rings. The number of rotatable bonds is 1. The number of nitrogens with two attached hydrogens (primary N) is 1. The highest BCUT2D eigenvalue weighted by molar-refractivity contribution is 5.99. The zero-order valence-corrected chi connectivity index (χ0v) is 6.91. The van der Waals surface area contributed by atoms with Crippen molar-refractivity contribution in [2.24, 2.45) is 10.8 Å². The molecule has 0 bridgehead atoms. The fourth-order valence-electron chi connectivity index (χ4n) is 0.854. The largest absolute Gasteiger partial charge is 0.463 e. The molecule has 0 aliphatic carbocycles. The summed E-state index contributed by atoms with van der Waals surface area (Å²) in [5.74, 6) is 1.10. The second-order valence-corrected chi connectivity index (χ2v) is 2.13. The Morgan fingerprint density at radius 2 is 2.25 bits per heavy atom. The van der Waals surface area contributed by atoms with Crippen LogP contribution in [-0.4, -0.2) is 5.84 Å². The number of nitrogens with zero attached hydrogens (tertiary/aromatic N) is 2. The van der Waals surface area contributed by atoms with Crippen LogP contribution in [0.3, 0.4) is 0 Å². The maximum Gasteiger partial charge on any atom is 0.154 e. The van der Waals surface area contributed by atoms with Gasteiger partial charge in [-0.2, -0.15) is 0 Å². The molecule has 2 heterocycles. The van der Waals surface area contributed by atoms with Crippen LogP contribution in [0.4, 0.5) is 0 Å². The van der Waals surface area contributed by atoms with Crippen molar-refractivity contribution in [1.29, 1.82) is 0 Å². The van der Waals surface area contributed by atoms with E-state index in [9.17, 15) is 0 Å². The molecule has 0 unspecified atom stereocenters. The van der Waals surface area contributed by atoms with Crippen LogP contribution in [0.15, 0.2) is 34.0 Å². The molecule has 0 saturated heterocycles. The summed E-state index contributed by atoms with van der Waals surface area (Å²) in [6.45, 7) is 0. The molecule has 0 aromatic carbocycles. The second-order valence-electron chi connectivity index (χ2n) is 2.13. The van der Waals surface area contributed by atoms with E-state index in [1.165, 1.54) is 0 Å². The zero-order valence-electron chi connectivity index (χ0n) is 6.10. The van der Waals surface area contributed by atoms with Crippen molar-refractivity contribution in [3.05, 3.63) is 30.2 Å². The first-order valence-corrected chi connectivity index (χ1v) is 3.16. The Labute approximate surface area is 75.5 Å². The molecule has 5 heteroatoms. The van der Waals surface area contributed by atoms with E-state index in [1.54, 1.807) is 18.4 Å². The van der Waals surface area contributed by atoms with Crippen LogP contribution in [0.5, 0.6) is 0 Å². The van der Waals surface area contributed by atoms with Gasteiger partial charge in [0, 0.05) is 6.08 Å². The summed E-state index contributed by atoms with van der Waals surface area (Å²) in [5.41, 5.74) is 9.83. The van der Waals surface area contributed by atoms with Gasteiger partial charge < -0.3 is 10.2 Å². The Morgan fingerprint density at radius 3 is 2.75 bits per heavy atom. The molecule has 4 nitrogen and oxygen atoms in total. The summed E-state index contributed by atoms with van der Waals surface area (Å²) in [5, 5.41) is 3.64. The topological polar surface area (TPSA) is 65.6 Å². The normalized spacial score (nSPS) is 14.3. The minimum Gasteiger partial charge on any atom is -0.463 e.